The normalized spacial score (nSPS) is 54.1. The van der Waals surface area contributed by atoms with Crippen LogP contribution in [0.5, 0.6) is 0 Å². The summed E-state index contributed by atoms with van der Waals surface area (Å²) in [7, 11) is 0. The summed E-state index contributed by atoms with van der Waals surface area (Å²) in [5.41, 5.74) is -2.59. The molecule has 9 aliphatic rings. The summed E-state index contributed by atoms with van der Waals surface area (Å²) in [5, 5.41) is 144. The van der Waals surface area contributed by atoms with Crippen molar-refractivity contribution in [3.8, 4) is 0 Å². The van der Waals surface area contributed by atoms with Gasteiger partial charge in [-0.3, -0.25) is 0 Å². The number of hydrogen-bond donors (Lipinski definition) is 13. The van der Waals surface area contributed by atoms with Crippen molar-refractivity contribution in [2.24, 2.45) is 56.2 Å². The predicted octanol–water partition coefficient (Wildman–Crippen LogP) is -0.487. The smallest absolute Gasteiger partial charge is 0.335 e. The molecule has 13 N–H and O–H groups in total. The quantitative estimate of drug-likeness (QED) is 0.0452. The van der Waals surface area contributed by atoms with Crippen LogP contribution in [0.4, 0.5) is 0 Å². The van der Waals surface area contributed by atoms with Gasteiger partial charge >= 0.3 is 5.97 Å². The third-order valence-electron chi connectivity index (χ3n) is 22.5. The zero-order chi connectivity index (χ0) is 60.4. The van der Waals surface area contributed by atoms with Crippen molar-refractivity contribution in [2.75, 3.05) is 26.4 Å². The van der Waals surface area contributed by atoms with Gasteiger partial charge in [0.25, 0.3) is 0 Å². The first-order valence-electron chi connectivity index (χ1n) is 29.2. The number of fused-ring (bicyclic) bond motifs is 7. The first-order valence-corrected chi connectivity index (χ1v) is 29.2. The molecular weight excluding hydrogens is 1080 g/mol. The highest BCUT2D eigenvalue weighted by molar-refractivity contribution is 5.73. The number of aliphatic hydroxyl groups is 12. The highest BCUT2D eigenvalue weighted by Crippen LogP contribution is 2.76. The van der Waals surface area contributed by atoms with Gasteiger partial charge in [0, 0.05) is 16.7 Å². The number of aliphatic hydroxyl groups excluding tert-OH is 12. The lowest BCUT2D eigenvalue weighted by Gasteiger charge is -2.72. The van der Waals surface area contributed by atoms with E-state index in [1.54, 1.807) is 6.92 Å². The molecule has 4 saturated heterocycles. The summed E-state index contributed by atoms with van der Waals surface area (Å²) in [6.45, 7) is 17.8. The first kappa shape index (κ1) is 64.1. The topological polar surface area (TPSA) is 380 Å². The van der Waals surface area contributed by atoms with Crippen LogP contribution in [0.25, 0.3) is 0 Å². The van der Waals surface area contributed by atoms with Gasteiger partial charge in [-0.15, -0.1) is 0 Å². The van der Waals surface area contributed by atoms with Crippen LogP contribution in [0, 0.1) is 56.2 Å². The highest BCUT2D eigenvalue weighted by atomic mass is 16.8. The minimum atomic E-state index is -2.46. The lowest BCUT2D eigenvalue weighted by atomic mass is 9.32. The van der Waals surface area contributed by atoms with Gasteiger partial charge in [0.1, 0.15) is 91.7 Å². The van der Waals surface area contributed by atoms with E-state index in [-0.39, 0.29) is 48.2 Å². The monoisotopic (exact) mass is 1170 g/mol. The molecule has 0 amide bonds. The number of hydrogen-bond acceptors (Lipinski definition) is 23. The van der Waals surface area contributed by atoms with Crippen molar-refractivity contribution in [3.05, 3.63) is 23.5 Å². The molecule has 82 heavy (non-hydrogen) atoms. The number of carboxylic acid groups (broad SMARTS) is 1. The van der Waals surface area contributed by atoms with Gasteiger partial charge in [-0.2, -0.15) is 0 Å². The van der Waals surface area contributed by atoms with E-state index in [4.69, 9.17) is 42.6 Å². The summed E-state index contributed by atoms with van der Waals surface area (Å²) in [4.78, 5) is 27.4. The molecular formula is C58H92O24. The molecule has 0 spiro atoms. The van der Waals surface area contributed by atoms with Crippen LogP contribution in [0.2, 0.25) is 0 Å². The lowest BCUT2D eigenvalue weighted by Crippen LogP contribution is -2.71. The number of rotatable bonds is 14. The van der Waals surface area contributed by atoms with Gasteiger partial charge < -0.3 is 114 Å². The second-order valence-corrected chi connectivity index (χ2v) is 27.3. The SMILES string of the molecule is C/C=C(\C)O[C@H]1[C@H](CO)[C@]2(C)[C@H](O)C[C@]3(C)C(=CC[C@@H]4[C@@]5(C)CCC(O[C@@H]6O[C@H](C(=O)O)[C@@H](O)[C@H](O[C@@H]7OC[C@H](O)[C@H](O)[C@H]7O[C@@H]7OC[C@@H](O)[C@H](O)[C@H]7O)[C@H]6O[C@]6(C)O[C@H](CO)[C@H](O)[C@H](O)[C@H]6O)[C@@](C)(C=O)[C@@H]5CC[C@]43C)[C@@H]2CC1(C)C. The first-order chi connectivity index (χ1) is 38.3. The number of aldehydes is 1. The summed E-state index contributed by atoms with van der Waals surface area (Å²) in [6, 6.07) is 0. The fourth-order valence-electron chi connectivity index (χ4n) is 17.3. The zero-order valence-corrected chi connectivity index (χ0v) is 48.7. The maximum Gasteiger partial charge on any atom is 0.335 e. The van der Waals surface area contributed by atoms with Crippen molar-refractivity contribution < 1.29 is 119 Å². The van der Waals surface area contributed by atoms with Crippen LogP contribution < -0.4 is 0 Å². The van der Waals surface area contributed by atoms with Crippen molar-refractivity contribution in [1.29, 1.82) is 0 Å². The molecule has 4 heterocycles. The van der Waals surface area contributed by atoms with Gasteiger partial charge in [-0.1, -0.05) is 60.1 Å². The van der Waals surface area contributed by atoms with Gasteiger partial charge in [0.2, 0.25) is 0 Å². The third-order valence-corrected chi connectivity index (χ3v) is 22.5. The summed E-state index contributed by atoms with van der Waals surface area (Å²) < 4.78 is 55.4. The molecule has 4 saturated carbocycles. The number of carboxylic acids is 1. The number of aliphatic carboxylic acids is 1. The average Bonchev–Trinajstić information content (AvgIpc) is 0.998. The predicted molar refractivity (Wildman–Crippen MR) is 282 cm³/mol. The van der Waals surface area contributed by atoms with Gasteiger partial charge in [-0.05, 0) is 106 Å². The summed E-state index contributed by atoms with van der Waals surface area (Å²) >= 11 is 0. The van der Waals surface area contributed by atoms with Gasteiger partial charge in [-0.25, -0.2) is 4.79 Å². The van der Waals surface area contributed by atoms with E-state index in [0.29, 0.717) is 32.1 Å². The minimum absolute atomic E-state index is 0.0200. The molecule has 0 aromatic carbocycles. The molecule has 0 aromatic rings. The van der Waals surface area contributed by atoms with Gasteiger partial charge in [0.05, 0.1) is 49.8 Å². The Balaban J connectivity index is 1.05. The van der Waals surface area contributed by atoms with E-state index in [1.807, 2.05) is 19.9 Å². The van der Waals surface area contributed by atoms with Crippen LogP contribution in [0.1, 0.15) is 114 Å². The average molecular weight is 1170 g/mol. The van der Waals surface area contributed by atoms with E-state index >= 15 is 0 Å². The molecule has 4 aliphatic heterocycles. The Morgan fingerprint density at radius 2 is 1.37 bits per heavy atom. The fraction of sp³-hybridized carbons (Fsp3) is 0.897. The molecule has 30 atom stereocenters. The Bertz CT molecular complexity index is 2370. The number of allylic oxidation sites excluding steroid dienone is 4. The van der Waals surface area contributed by atoms with Crippen LogP contribution in [-0.4, -0.2) is 233 Å². The van der Waals surface area contributed by atoms with Crippen molar-refractivity contribution in [3.63, 3.8) is 0 Å². The van der Waals surface area contributed by atoms with Crippen molar-refractivity contribution >= 4 is 12.3 Å². The third kappa shape index (κ3) is 10.1. The number of carbonyl (C=O) groups is 2. The van der Waals surface area contributed by atoms with Crippen molar-refractivity contribution in [2.45, 2.75) is 243 Å². The fourth-order valence-corrected chi connectivity index (χ4v) is 17.3. The molecule has 468 valence electrons. The standard InChI is InChI=1S/C58H92O24/c1-11-25(2)76-47-28(20-59)57(9)27(18-52(47,3)4)26-12-13-33-53(5)16-15-35(54(6,24-61)32(53)14-17-55(33,7)56(26,8)19-34(57)64)77-51-45(82-58(10)46(71)39(68)38(67)31(21-60)81-58)42(41(70)43(79-51)48(72)73)78-50-44(37(66)30(63)23-75-50)80-49-40(69)36(65)29(62)22-74-49/h11-12,24,27-47,49-51,59-60,62-71H,13-23H2,1-10H3,(H,72,73)/b25-11+/t27-,28-,29+,30-,31+,32+,33+,34+,35?,36-,37-,38-,39-,40+,41-,42-,43-,44+,45+,46+,47-,49-,50-,51+,53-,54-,55+,56+,57+,58-/m0/s1. The van der Waals surface area contributed by atoms with Crippen LogP contribution in [-0.2, 0) is 52.2 Å². The molecule has 0 bridgehead atoms. The minimum Gasteiger partial charge on any atom is -0.494 e. The molecule has 24 heteroatoms. The summed E-state index contributed by atoms with van der Waals surface area (Å²) in [6.07, 6.45) is -25.8. The Morgan fingerprint density at radius 1 is 0.720 bits per heavy atom. The number of carbonyl (C=O) groups excluding carboxylic acids is 1. The summed E-state index contributed by atoms with van der Waals surface area (Å²) in [5.74, 6) is -4.26. The maximum absolute atomic E-state index is 14.2. The number of ether oxygens (including phenoxy) is 9. The van der Waals surface area contributed by atoms with Gasteiger partial charge in [0.15, 0.2) is 30.8 Å². The second kappa shape index (κ2) is 23.0. The lowest BCUT2D eigenvalue weighted by molar-refractivity contribution is -0.422. The largest absolute Gasteiger partial charge is 0.494 e. The van der Waals surface area contributed by atoms with Crippen LogP contribution in [0.15, 0.2) is 23.5 Å². The Morgan fingerprint density at radius 3 is 1.99 bits per heavy atom. The van der Waals surface area contributed by atoms with E-state index in [9.17, 15) is 76.0 Å². The van der Waals surface area contributed by atoms with Crippen LogP contribution >= 0.6 is 0 Å². The Kier molecular flexibility index (Phi) is 18.0. The van der Waals surface area contributed by atoms with Crippen molar-refractivity contribution in [1.82, 2.24) is 0 Å². The highest BCUT2D eigenvalue weighted by Gasteiger charge is 2.73. The maximum atomic E-state index is 14.2. The molecule has 0 radical (unpaired) electrons. The molecule has 9 rings (SSSR count). The molecule has 1 unspecified atom stereocenters. The molecule has 24 nitrogen and oxygen atoms in total. The van der Waals surface area contributed by atoms with E-state index in [1.165, 1.54) is 5.57 Å². The van der Waals surface area contributed by atoms with E-state index < -0.39 is 175 Å². The molecule has 0 aromatic heterocycles. The Hall–Kier alpha value is -2.38. The second-order valence-electron chi connectivity index (χ2n) is 27.3. The Labute approximate surface area is 478 Å². The zero-order valence-electron chi connectivity index (χ0n) is 48.7. The van der Waals surface area contributed by atoms with Crippen LogP contribution in [0.3, 0.4) is 0 Å². The molecule has 5 aliphatic carbocycles. The van der Waals surface area contributed by atoms with E-state index in [0.717, 1.165) is 25.4 Å². The van der Waals surface area contributed by atoms with E-state index in [2.05, 4.69) is 47.6 Å². The molecule has 8 fully saturated rings.